The van der Waals surface area contributed by atoms with E-state index in [4.69, 9.17) is 5.11 Å². The van der Waals surface area contributed by atoms with Crippen molar-refractivity contribution in [1.82, 2.24) is 4.90 Å². The number of carboxylic acids is 1. The summed E-state index contributed by atoms with van der Waals surface area (Å²) in [5, 5.41) is 9.08. The van der Waals surface area contributed by atoms with Gasteiger partial charge < -0.3 is 10.0 Å². The third-order valence-corrected chi connectivity index (χ3v) is 5.06. The Hall–Kier alpha value is -1.06. The first-order valence-corrected chi connectivity index (χ1v) is 7.41. The van der Waals surface area contributed by atoms with E-state index in [0.29, 0.717) is 18.3 Å². The van der Waals surface area contributed by atoms with E-state index in [9.17, 15) is 9.59 Å². The molecule has 1 amide bonds. The zero-order valence-corrected chi connectivity index (χ0v) is 12.0. The highest BCUT2D eigenvalue weighted by atomic mass is 16.4. The van der Waals surface area contributed by atoms with E-state index >= 15 is 0 Å². The lowest BCUT2D eigenvalue weighted by molar-refractivity contribution is -0.141. The number of nitrogens with zero attached hydrogens (tertiary/aromatic N) is 1. The topological polar surface area (TPSA) is 57.6 Å². The standard InChI is InChI=1S/C15H25NO3/c1-11-9-16(10-12(11)2)13(17)7-15(8-14(18)19)5-3-4-6-15/h11-12H,3-10H2,1-2H3,(H,18,19). The van der Waals surface area contributed by atoms with Crippen molar-refractivity contribution in [3.8, 4) is 0 Å². The highest BCUT2D eigenvalue weighted by Crippen LogP contribution is 2.44. The summed E-state index contributed by atoms with van der Waals surface area (Å²) in [6.45, 7) is 6.04. The number of hydrogen-bond donors (Lipinski definition) is 1. The van der Waals surface area contributed by atoms with Crippen LogP contribution in [0.25, 0.3) is 0 Å². The fourth-order valence-corrected chi connectivity index (χ4v) is 3.63. The summed E-state index contributed by atoms with van der Waals surface area (Å²) in [6.07, 6.45) is 4.49. The van der Waals surface area contributed by atoms with Gasteiger partial charge in [0.2, 0.25) is 5.91 Å². The smallest absolute Gasteiger partial charge is 0.303 e. The summed E-state index contributed by atoms with van der Waals surface area (Å²) >= 11 is 0. The van der Waals surface area contributed by atoms with Gasteiger partial charge >= 0.3 is 5.97 Å². The maximum absolute atomic E-state index is 12.4. The average molecular weight is 267 g/mol. The number of rotatable bonds is 4. The van der Waals surface area contributed by atoms with E-state index in [1.54, 1.807) is 0 Å². The number of aliphatic carboxylic acids is 1. The van der Waals surface area contributed by atoms with Gasteiger partial charge in [0.15, 0.2) is 0 Å². The van der Waals surface area contributed by atoms with Crippen molar-refractivity contribution in [2.45, 2.75) is 52.4 Å². The Labute approximate surface area is 115 Å². The summed E-state index contributed by atoms with van der Waals surface area (Å²) in [6, 6.07) is 0. The van der Waals surface area contributed by atoms with Gasteiger partial charge in [-0.05, 0) is 30.1 Å². The maximum Gasteiger partial charge on any atom is 0.303 e. The molecule has 0 spiro atoms. The van der Waals surface area contributed by atoms with Gasteiger partial charge in [-0.25, -0.2) is 0 Å². The van der Waals surface area contributed by atoms with Crippen LogP contribution in [-0.4, -0.2) is 35.0 Å². The maximum atomic E-state index is 12.4. The van der Waals surface area contributed by atoms with Crippen LogP contribution in [0, 0.1) is 17.3 Å². The molecule has 2 aliphatic rings. The SMILES string of the molecule is CC1CN(C(=O)CC2(CC(=O)O)CCCC2)CC1C. The minimum Gasteiger partial charge on any atom is -0.481 e. The molecule has 0 aromatic rings. The summed E-state index contributed by atoms with van der Waals surface area (Å²) in [5.74, 6) is 0.517. The van der Waals surface area contributed by atoms with Gasteiger partial charge in [0, 0.05) is 19.5 Å². The molecule has 1 saturated heterocycles. The van der Waals surface area contributed by atoms with E-state index < -0.39 is 5.97 Å². The van der Waals surface area contributed by atoms with Crippen molar-refractivity contribution in [3.63, 3.8) is 0 Å². The molecule has 1 saturated carbocycles. The van der Waals surface area contributed by atoms with Crippen molar-refractivity contribution in [2.24, 2.45) is 17.3 Å². The molecule has 19 heavy (non-hydrogen) atoms. The molecule has 0 aromatic heterocycles. The summed E-state index contributed by atoms with van der Waals surface area (Å²) < 4.78 is 0. The normalized spacial score (nSPS) is 29.7. The number of carboxylic acid groups (broad SMARTS) is 1. The van der Waals surface area contributed by atoms with Crippen molar-refractivity contribution in [3.05, 3.63) is 0 Å². The minimum absolute atomic E-state index is 0.150. The zero-order valence-electron chi connectivity index (χ0n) is 12.0. The van der Waals surface area contributed by atoms with Gasteiger partial charge in [0.05, 0.1) is 6.42 Å². The zero-order chi connectivity index (χ0) is 14.0. The van der Waals surface area contributed by atoms with Crippen LogP contribution in [0.4, 0.5) is 0 Å². The average Bonchev–Trinajstić information content (AvgIpc) is 2.87. The molecular weight excluding hydrogens is 242 g/mol. The summed E-state index contributed by atoms with van der Waals surface area (Å²) in [4.78, 5) is 25.4. The van der Waals surface area contributed by atoms with E-state index in [2.05, 4.69) is 13.8 Å². The Morgan fingerprint density at radius 2 is 1.63 bits per heavy atom. The van der Waals surface area contributed by atoms with Gasteiger partial charge in [0.25, 0.3) is 0 Å². The molecule has 4 nitrogen and oxygen atoms in total. The Bertz CT molecular complexity index is 350. The fourth-order valence-electron chi connectivity index (χ4n) is 3.63. The Kier molecular flexibility index (Phi) is 4.16. The fraction of sp³-hybridized carbons (Fsp3) is 0.867. The van der Waals surface area contributed by atoms with Crippen LogP contribution in [0.1, 0.15) is 52.4 Å². The van der Waals surface area contributed by atoms with Gasteiger partial charge in [-0.2, -0.15) is 0 Å². The number of hydrogen-bond acceptors (Lipinski definition) is 2. The highest BCUT2D eigenvalue weighted by Gasteiger charge is 2.40. The van der Waals surface area contributed by atoms with Crippen LogP contribution < -0.4 is 0 Å². The van der Waals surface area contributed by atoms with Crippen molar-refractivity contribution >= 4 is 11.9 Å². The van der Waals surface area contributed by atoms with Crippen molar-refractivity contribution in [2.75, 3.05) is 13.1 Å². The predicted molar refractivity (Wildman–Crippen MR) is 72.7 cm³/mol. The first kappa shape index (κ1) is 14.4. The summed E-state index contributed by atoms with van der Waals surface area (Å²) in [5.41, 5.74) is -0.266. The second kappa shape index (κ2) is 5.51. The van der Waals surface area contributed by atoms with Gasteiger partial charge in [0.1, 0.15) is 0 Å². The van der Waals surface area contributed by atoms with Crippen LogP contribution in [0.15, 0.2) is 0 Å². The van der Waals surface area contributed by atoms with E-state index in [1.165, 1.54) is 0 Å². The third-order valence-electron chi connectivity index (χ3n) is 5.06. The van der Waals surface area contributed by atoms with Crippen LogP contribution in [-0.2, 0) is 9.59 Å². The van der Waals surface area contributed by atoms with E-state index in [1.807, 2.05) is 4.90 Å². The van der Waals surface area contributed by atoms with E-state index in [0.717, 1.165) is 38.8 Å². The second-order valence-corrected chi connectivity index (χ2v) is 6.71. The molecule has 108 valence electrons. The van der Waals surface area contributed by atoms with Gasteiger partial charge in [-0.3, -0.25) is 9.59 Å². The number of carbonyl (C=O) groups is 2. The molecule has 2 atom stereocenters. The monoisotopic (exact) mass is 267 g/mol. The predicted octanol–water partition coefficient (Wildman–Crippen LogP) is 2.53. The highest BCUT2D eigenvalue weighted by molar-refractivity contribution is 5.78. The second-order valence-electron chi connectivity index (χ2n) is 6.71. The number of carbonyl (C=O) groups excluding carboxylic acids is 1. The van der Waals surface area contributed by atoms with Gasteiger partial charge in [-0.15, -0.1) is 0 Å². The largest absolute Gasteiger partial charge is 0.481 e. The van der Waals surface area contributed by atoms with Crippen molar-refractivity contribution in [1.29, 1.82) is 0 Å². The minimum atomic E-state index is -0.766. The molecule has 4 heteroatoms. The molecule has 2 rings (SSSR count). The van der Waals surface area contributed by atoms with Crippen LogP contribution >= 0.6 is 0 Å². The molecule has 2 fully saturated rings. The number of amides is 1. The quantitative estimate of drug-likeness (QED) is 0.851. The molecule has 2 unspecified atom stereocenters. The Balaban J connectivity index is 1.98. The van der Waals surface area contributed by atoms with Gasteiger partial charge in [-0.1, -0.05) is 26.7 Å². The Morgan fingerprint density at radius 1 is 1.11 bits per heavy atom. The van der Waals surface area contributed by atoms with Crippen LogP contribution in [0.5, 0.6) is 0 Å². The first-order chi connectivity index (χ1) is 8.92. The number of likely N-dealkylation sites (tertiary alicyclic amines) is 1. The summed E-state index contributed by atoms with van der Waals surface area (Å²) in [7, 11) is 0. The molecule has 1 heterocycles. The van der Waals surface area contributed by atoms with E-state index in [-0.39, 0.29) is 17.7 Å². The lowest BCUT2D eigenvalue weighted by Gasteiger charge is -2.29. The molecular formula is C15H25NO3. The third kappa shape index (κ3) is 3.28. The molecule has 0 aromatic carbocycles. The molecule has 0 bridgehead atoms. The first-order valence-electron chi connectivity index (χ1n) is 7.41. The Morgan fingerprint density at radius 3 is 2.11 bits per heavy atom. The molecule has 1 aliphatic carbocycles. The molecule has 1 N–H and O–H groups in total. The molecule has 0 radical (unpaired) electrons. The van der Waals surface area contributed by atoms with Crippen LogP contribution in [0.3, 0.4) is 0 Å². The lowest BCUT2D eigenvalue weighted by Crippen LogP contribution is -2.34. The lowest BCUT2D eigenvalue weighted by atomic mass is 9.79. The van der Waals surface area contributed by atoms with Crippen molar-refractivity contribution < 1.29 is 14.7 Å². The van der Waals surface area contributed by atoms with Crippen LogP contribution in [0.2, 0.25) is 0 Å². The molecule has 1 aliphatic heterocycles.